The number of aromatic nitrogens is 3. The molecule has 2 aromatic heterocycles. The Balaban J connectivity index is 1.27. The molecule has 6 heteroatoms. The Morgan fingerprint density at radius 1 is 1.07 bits per heavy atom. The highest BCUT2D eigenvalue weighted by Crippen LogP contribution is 2.17. The van der Waals surface area contributed by atoms with Crippen LogP contribution in [0.1, 0.15) is 11.4 Å². The van der Waals surface area contributed by atoms with Crippen LogP contribution in [0.5, 0.6) is 5.75 Å². The number of hydrogen-bond donors (Lipinski definition) is 1. The van der Waals surface area contributed by atoms with Crippen LogP contribution in [-0.4, -0.2) is 43.8 Å². The number of benzene rings is 2. The van der Waals surface area contributed by atoms with Gasteiger partial charge in [-0.3, -0.25) is 4.90 Å². The fourth-order valence-electron chi connectivity index (χ4n) is 3.70. The van der Waals surface area contributed by atoms with E-state index in [1.807, 2.05) is 55.3 Å². The first-order valence-electron chi connectivity index (χ1n) is 10.2. The molecule has 4 aromatic rings. The van der Waals surface area contributed by atoms with Gasteiger partial charge in [0, 0.05) is 50.8 Å². The van der Waals surface area contributed by atoms with E-state index < -0.39 is 6.10 Å². The zero-order valence-corrected chi connectivity index (χ0v) is 17.5. The maximum absolute atomic E-state index is 10.6. The second kappa shape index (κ2) is 9.15. The van der Waals surface area contributed by atoms with Crippen LogP contribution in [0.25, 0.3) is 10.9 Å². The lowest BCUT2D eigenvalue weighted by Gasteiger charge is -2.21. The summed E-state index contributed by atoms with van der Waals surface area (Å²) in [5.74, 6) is 1.71. The molecule has 0 saturated carbocycles. The van der Waals surface area contributed by atoms with Crippen molar-refractivity contribution in [2.24, 2.45) is 7.05 Å². The first-order chi connectivity index (χ1) is 14.6. The van der Waals surface area contributed by atoms with E-state index in [1.54, 1.807) is 6.20 Å². The van der Waals surface area contributed by atoms with Gasteiger partial charge in [-0.05, 0) is 42.3 Å². The van der Waals surface area contributed by atoms with E-state index >= 15 is 0 Å². The van der Waals surface area contributed by atoms with E-state index in [4.69, 9.17) is 4.74 Å². The summed E-state index contributed by atoms with van der Waals surface area (Å²) in [5.41, 5.74) is 2.33. The predicted octanol–water partition coefficient (Wildman–Crippen LogP) is 3.45. The number of likely N-dealkylation sites (N-methyl/N-ethyl adjacent to an activating group) is 1. The molecule has 1 unspecified atom stereocenters. The fraction of sp³-hybridized carbons (Fsp3) is 0.292. The van der Waals surface area contributed by atoms with E-state index in [-0.39, 0.29) is 0 Å². The van der Waals surface area contributed by atoms with Gasteiger partial charge in [-0.25, -0.2) is 4.98 Å². The highest BCUT2D eigenvalue weighted by atomic mass is 16.5. The normalized spacial score (nSPS) is 12.5. The number of imidazole rings is 1. The summed E-state index contributed by atoms with van der Waals surface area (Å²) in [4.78, 5) is 6.40. The third-order valence-electron chi connectivity index (χ3n) is 5.27. The molecule has 2 heterocycles. The standard InChI is InChI=1S/C24H28N4O2/c1-26(16-21(29)17-28-13-11-20-5-3-4-6-23(20)28)15-19-7-9-22(10-8-19)30-18-24-25-12-14-27(24)2/h3-14,21,29H,15-18H2,1-2H3. The lowest BCUT2D eigenvalue weighted by Crippen LogP contribution is -2.31. The highest BCUT2D eigenvalue weighted by molar-refractivity contribution is 5.79. The molecule has 0 aliphatic heterocycles. The molecule has 1 atom stereocenters. The zero-order valence-electron chi connectivity index (χ0n) is 17.5. The summed E-state index contributed by atoms with van der Waals surface area (Å²) in [6.45, 7) is 2.40. The minimum Gasteiger partial charge on any atom is -0.486 e. The third kappa shape index (κ3) is 4.90. The quantitative estimate of drug-likeness (QED) is 0.464. The second-order valence-corrected chi connectivity index (χ2v) is 7.76. The van der Waals surface area contributed by atoms with E-state index in [2.05, 4.69) is 44.8 Å². The van der Waals surface area contributed by atoms with Crippen molar-refractivity contribution >= 4 is 10.9 Å². The number of hydrogen-bond acceptors (Lipinski definition) is 4. The number of ether oxygens (including phenoxy) is 1. The molecule has 2 aromatic carbocycles. The lowest BCUT2D eigenvalue weighted by molar-refractivity contribution is 0.108. The van der Waals surface area contributed by atoms with E-state index in [1.165, 1.54) is 10.9 Å². The number of aliphatic hydroxyl groups is 1. The van der Waals surface area contributed by atoms with Crippen LogP contribution in [0, 0.1) is 0 Å². The average Bonchev–Trinajstić information content (AvgIpc) is 3.33. The van der Waals surface area contributed by atoms with E-state index in [0.29, 0.717) is 19.7 Å². The third-order valence-corrected chi connectivity index (χ3v) is 5.27. The Morgan fingerprint density at radius 3 is 2.63 bits per heavy atom. The summed E-state index contributed by atoms with van der Waals surface area (Å²) in [5, 5.41) is 11.8. The topological polar surface area (TPSA) is 55.4 Å². The van der Waals surface area contributed by atoms with Crippen LogP contribution < -0.4 is 4.74 Å². The van der Waals surface area contributed by atoms with Crippen molar-refractivity contribution in [3.8, 4) is 5.75 Å². The van der Waals surface area contributed by atoms with Crippen molar-refractivity contribution < 1.29 is 9.84 Å². The Kier molecular flexibility index (Phi) is 6.16. The van der Waals surface area contributed by atoms with Crippen LogP contribution in [0.4, 0.5) is 0 Å². The molecule has 0 saturated heterocycles. The largest absolute Gasteiger partial charge is 0.486 e. The van der Waals surface area contributed by atoms with Crippen LogP contribution >= 0.6 is 0 Å². The number of rotatable bonds is 9. The minimum atomic E-state index is -0.439. The number of nitrogens with zero attached hydrogens (tertiary/aromatic N) is 4. The highest BCUT2D eigenvalue weighted by Gasteiger charge is 2.11. The van der Waals surface area contributed by atoms with Crippen LogP contribution in [0.3, 0.4) is 0 Å². The molecule has 6 nitrogen and oxygen atoms in total. The van der Waals surface area contributed by atoms with Gasteiger partial charge in [-0.2, -0.15) is 0 Å². The Labute approximate surface area is 177 Å². The molecule has 0 radical (unpaired) electrons. The number of fused-ring (bicyclic) bond motifs is 1. The SMILES string of the molecule is CN(Cc1ccc(OCc2nccn2C)cc1)CC(O)Cn1ccc2ccccc21. The van der Waals surface area contributed by atoms with Gasteiger partial charge in [0.1, 0.15) is 18.2 Å². The summed E-state index contributed by atoms with van der Waals surface area (Å²) in [6, 6.07) is 18.4. The molecule has 30 heavy (non-hydrogen) atoms. The minimum absolute atomic E-state index is 0.439. The molecule has 0 bridgehead atoms. The van der Waals surface area contributed by atoms with Gasteiger partial charge in [0.15, 0.2) is 0 Å². The number of para-hydroxylation sites is 1. The monoisotopic (exact) mass is 404 g/mol. The predicted molar refractivity (Wildman–Crippen MR) is 118 cm³/mol. The average molecular weight is 405 g/mol. The summed E-state index contributed by atoms with van der Waals surface area (Å²) < 4.78 is 9.87. The van der Waals surface area contributed by atoms with Gasteiger partial charge in [-0.1, -0.05) is 30.3 Å². The van der Waals surface area contributed by atoms with Gasteiger partial charge in [-0.15, -0.1) is 0 Å². The Morgan fingerprint density at radius 2 is 1.87 bits per heavy atom. The first kappa shape index (κ1) is 20.2. The molecule has 1 N–H and O–H groups in total. The maximum Gasteiger partial charge on any atom is 0.146 e. The molecular weight excluding hydrogens is 376 g/mol. The van der Waals surface area contributed by atoms with Crippen LogP contribution in [-0.2, 0) is 26.7 Å². The van der Waals surface area contributed by atoms with E-state index in [0.717, 1.165) is 23.6 Å². The van der Waals surface area contributed by atoms with Crippen LogP contribution in [0.2, 0.25) is 0 Å². The number of aryl methyl sites for hydroxylation is 1. The van der Waals surface area contributed by atoms with Crippen molar-refractivity contribution in [1.29, 1.82) is 0 Å². The van der Waals surface area contributed by atoms with Crippen molar-refractivity contribution in [3.63, 3.8) is 0 Å². The number of aliphatic hydroxyl groups excluding tert-OH is 1. The van der Waals surface area contributed by atoms with Crippen molar-refractivity contribution in [2.75, 3.05) is 13.6 Å². The molecular formula is C24H28N4O2. The van der Waals surface area contributed by atoms with Gasteiger partial charge in [0.05, 0.1) is 6.10 Å². The van der Waals surface area contributed by atoms with E-state index in [9.17, 15) is 5.11 Å². The van der Waals surface area contributed by atoms with Gasteiger partial charge < -0.3 is 19.0 Å². The smallest absolute Gasteiger partial charge is 0.146 e. The van der Waals surface area contributed by atoms with Gasteiger partial charge in [0.25, 0.3) is 0 Å². The molecule has 0 spiro atoms. The zero-order chi connectivity index (χ0) is 20.9. The summed E-state index contributed by atoms with van der Waals surface area (Å²) in [7, 11) is 3.99. The second-order valence-electron chi connectivity index (χ2n) is 7.76. The summed E-state index contributed by atoms with van der Waals surface area (Å²) >= 11 is 0. The molecule has 156 valence electrons. The summed E-state index contributed by atoms with van der Waals surface area (Å²) in [6.07, 6.45) is 5.28. The fourth-order valence-corrected chi connectivity index (χ4v) is 3.70. The Bertz CT molecular complexity index is 1080. The van der Waals surface area contributed by atoms with Gasteiger partial charge in [0.2, 0.25) is 0 Å². The van der Waals surface area contributed by atoms with Crippen molar-refractivity contribution in [1.82, 2.24) is 19.0 Å². The molecule has 0 aliphatic rings. The molecule has 0 aliphatic carbocycles. The molecule has 0 fully saturated rings. The Hall–Kier alpha value is -3.09. The molecule has 0 amide bonds. The van der Waals surface area contributed by atoms with Crippen molar-refractivity contribution in [3.05, 3.63) is 84.6 Å². The van der Waals surface area contributed by atoms with Crippen LogP contribution in [0.15, 0.2) is 73.2 Å². The first-order valence-corrected chi connectivity index (χ1v) is 10.2. The maximum atomic E-state index is 10.6. The van der Waals surface area contributed by atoms with Gasteiger partial charge >= 0.3 is 0 Å². The van der Waals surface area contributed by atoms with Crippen molar-refractivity contribution in [2.45, 2.75) is 25.8 Å². The lowest BCUT2D eigenvalue weighted by atomic mass is 10.2. The molecule has 4 rings (SSSR count).